The number of aromatic nitrogens is 6. The van der Waals surface area contributed by atoms with Crippen molar-refractivity contribution in [2.24, 2.45) is 0 Å². The summed E-state index contributed by atoms with van der Waals surface area (Å²) in [7, 11) is -3.14. The van der Waals surface area contributed by atoms with Crippen LogP contribution in [0.15, 0.2) is 40.0 Å². The third kappa shape index (κ3) is 8.71. The number of hydrogen-bond donors (Lipinski definition) is 3. The SMILES string of the molecule is C#CCOc1cc(-n2nc3n(c2=O)CCCC3)c(Cl)cc1Cl.COc1nc(C)nc(NC(=O)NS(=O)(=O)c2cc(I)ccc2C(=O)O)n1. The van der Waals surface area contributed by atoms with Crippen molar-refractivity contribution in [3.05, 3.63) is 71.6 Å². The molecule has 0 radical (unpaired) electrons. The van der Waals surface area contributed by atoms with E-state index in [1.165, 1.54) is 30.8 Å². The Bertz CT molecular complexity index is 2100. The molecule has 0 atom stereocenters. The zero-order valence-corrected chi connectivity index (χ0v) is 29.5. The number of hydrogen-bond acceptors (Lipinski definition) is 11. The predicted molar refractivity (Wildman–Crippen MR) is 182 cm³/mol. The number of rotatable bonds is 8. The van der Waals surface area contributed by atoms with Crippen LogP contribution in [-0.2, 0) is 23.0 Å². The number of fused-ring (bicyclic) bond motifs is 1. The molecule has 0 fully saturated rings. The lowest BCUT2D eigenvalue weighted by Gasteiger charge is -2.10. The van der Waals surface area contributed by atoms with Crippen molar-refractivity contribution in [1.82, 2.24) is 34.0 Å². The Labute approximate surface area is 297 Å². The molecule has 0 saturated carbocycles. The number of ether oxygens (including phenoxy) is 2. The molecular formula is C28H25Cl2IN8O8S. The van der Waals surface area contributed by atoms with Gasteiger partial charge in [-0.2, -0.15) is 19.6 Å². The number of aromatic carboxylic acids is 1. The fourth-order valence-electron chi connectivity index (χ4n) is 4.27. The van der Waals surface area contributed by atoms with Crippen molar-refractivity contribution in [2.45, 2.75) is 37.6 Å². The molecule has 252 valence electrons. The Balaban J connectivity index is 0.000000219. The minimum absolute atomic E-state index is 0.0681. The number of carboxylic acids is 1. The molecule has 2 aromatic heterocycles. The van der Waals surface area contributed by atoms with E-state index >= 15 is 0 Å². The molecule has 0 saturated heterocycles. The van der Waals surface area contributed by atoms with E-state index in [-0.39, 0.29) is 30.1 Å². The second-order valence-corrected chi connectivity index (χ2v) is 13.4. The Morgan fingerprint density at radius 3 is 2.56 bits per heavy atom. The summed E-state index contributed by atoms with van der Waals surface area (Å²) in [5.41, 5.74) is -0.241. The van der Waals surface area contributed by atoms with E-state index in [1.807, 2.05) is 22.6 Å². The van der Waals surface area contributed by atoms with Gasteiger partial charge in [0.2, 0.25) is 5.95 Å². The minimum Gasteiger partial charge on any atom is -0.479 e. The minimum atomic E-state index is -4.45. The monoisotopic (exact) mass is 830 g/mol. The Hall–Kier alpha value is -4.45. The van der Waals surface area contributed by atoms with Gasteiger partial charge in [-0.15, -0.1) is 11.5 Å². The largest absolute Gasteiger partial charge is 0.479 e. The number of urea groups is 1. The highest BCUT2D eigenvalue weighted by molar-refractivity contribution is 14.1. The van der Waals surface area contributed by atoms with Gasteiger partial charge >= 0.3 is 23.7 Å². The molecule has 2 aromatic carbocycles. The van der Waals surface area contributed by atoms with Crippen molar-refractivity contribution >= 4 is 73.8 Å². The number of carbonyl (C=O) groups excluding carboxylic acids is 1. The summed E-state index contributed by atoms with van der Waals surface area (Å²) in [5, 5.41) is 16.3. The summed E-state index contributed by atoms with van der Waals surface area (Å²) in [4.78, 5) is 46.5. The summed E-state index contributed by atoms with van der Waals surface area (Å²) in [6.07, 6.45) is 7.97. The predicted octanol–water partition coefficient (Wildman–Crippen LogP) is 3.69. The molecule has 0 bridgehead atoms. The maximum Gasteiger partial charge on any atom is 0.350 e. The van der Waals surface area contributed by atoms with Gasteiger partial charge in [-0.1, -0.05) is 29.1 Å². The first-order chi connectivity index (χ1) is 22.7. The van der Waals surface area contributed by atoms with Crippen LogP contribution in [0.4, 0.5) is 10.7 Å². The van der Waals surface area contributed by atoms with E-state index in [0.29, 0.717) is 31.6 Å². The maximum atomic E-state index is 12.5. The van der Waals surface area contributed by atoms with E-state index in [1.54, 1.807) is 15.4 Å². The first-order valence-electron chi connectivity index (χ1n) is 13.6. The molecule has 0 aliphatic carbocycles. The number of amides is 2. The van der Waals surface area contributed by atoms with Gasteiger partial charge in [-0.05, 0) is 66.6 Å². The lowest BCUT2D eigenvalue weighted by molar-refractivity contribution is 0.0692. The van der Waals surface area contributed by atoms with Crippen LogP contribution in [0.3, 0.4) is 0 Å². The van der Waals surface area contributed by atoms with Gasteiger partial charge in [0.25, 0.3) is 10.0 Å². The van der Waals surface area contributed by atoms with Gasteiger partial charge in [-0.25, -0.2) is 27.5 Å². The van der Waals surface area contributed by atoms with E-state index in [2.05, 4.69) is 31.3 Å². The van der Waals surface area contributed by atoms with Gasteiger partial charge in [0.1, 0.15) is 28.9 Å². The van der Waals surface area contributed by atoms with Crippen LogP contribution < -0.4 is 25.2 Å². The fraction of sp³-hybridized carbons (Fsp3) is 0.250. The number of halogens is 3. The zero-order valence-electron chi connectivity index (χ0n) is 25.0. The van der Waals surface area contributed by atoms with Crippen LogP contribution in [0.1, 0.15) is 34.8 Å². The average molecular weight is 831 g/mol. The number of methoxy groups -OCH3 is 1. The average Bonchev–Trinajstić information content (AvgIpc) is 3.36. The van der Waals surface area contributed by atoms with Crippen LogP contribution in [0.25, 0.3) is 5.69 Å². The third-order valence-corrected chi connectivity index (χ3v) is 8.98. The Kier molecular flexibility index (Phi) is 11.9. The lowest BCUT2D eigenvalue weighted by Crippen LogP contribution is -2.35. The number of nitrogens with zero attached hydrogens (tertiary/aromatic N) is 6. The van der Waals surface area contributed by atoms with Crippen LogP contribution in [0, 0.1) is 22.8 Å². The summed E-state index contributed by atoms with van der Waals surface area (Å²) in [6, 6.07) is 5.57. The lowest BCUT2D eigenvalue weighted by atomic mass is 10.2. The van der Waals surface area contributed by atoms with Gasteiger partial charge in [0.15, 0.2) is 0 Å². The van der Waals surface area contributed by atoms with Crippen LogP contribution in [0.5, 0.6) is 11.8 Å². The number of benzene rings is 2. The fourth-order valence-corrected chi connectivity index (χ4v) is 6.62. The second-order valence-electron chi connectivity index (χ2n) is 9.64. The Morgan fingerprint density at radius 1 is 1.15 bits per heavy atom. The summed E-state index contributed by atoms with van der Waals surface area (Å²) in [6.45, 7) is 2.28. The molecule has 1 aliphatic rings. The molecule has 3 heterocycles. The summed E-state index contributed by atoms with van der Waals surface area (Å²) in [5.74, 6) is 2.07. The molecule has 16 nitrogen and oxygen atoms in total. The van der Waals surface area contributed by atoms with Crippen LogP contribution >= 0.6 is 45.8 Å². The highest BCUT2D eigenvalue weighted by atomic mass is 127. The Morgan fingerprint density at radius 2 is 1.90 bits per heavy atom. The number of nitrogens with one attached hydrogen (secondary N) is 2. The van der Waals surface area contributed by atoms with Crippen molar-refractivity contribution in [2.75, 3.05) is 19.0 Å². The van der Waals surface area contributed by atoms with Gasteiger partial charge in [0.05, 0.1) is 28.4 Å². The molecule has 3 N–H and O–H groups in total. The highest BCUT2D eigenvalue weighted by Crippen LogP contribution is 2.32. The van der Waals surface area contributed by atoms with Crippen molar-refractivity contribution in [3.8, 4) is 29.8 Å². The van der Waals surface area contributed by atoms with E-state index < -0.39 is 32.5 Å². The van der Waals surface area contributed by atoms with Crippen molar-refractivity contribution < 1.29 is 32.6 Å². The van der Waals surface area contributed by atoms with Gasteiger partial charge in [-0.3, -0.25) is 9.88 Å². The number of anilines is 1. The van der Waals surface area contributed by atoms with Crippen molar-refractivity contribution in [1.29, 1.82) is 0 Å². The number of sulfonamides is 1. The molecule has 4 aromatic rings. The zero-order chi connectivity index (χ0) is 35.2. The highest BCUT2D eigenvalue weighted by Gasteiger charge is 2.25. The normalized spacial score (nSPS) is 12.1. The quantitative estimate of drug-likeness (QED) is 0.172. The first kappa shape index (κ1) is 36.4. The van der Waals surface area contributed by atoms with Gasteiger partial charge in [0, 0.05) is 22.6 Å². The molecule has 1 aliphatic heterocycles. The summed E-state index contributed by atoms with van der Waals surface area (Å²) < 4.78 is 40.1. The standard InChI is InChI=1S/C15H13Cl2N3O2.C13H12IN5O6S/c1-2-7-22-13-9-12(10(16)8-11(13)17)20-15(21)19-6-4-3-5-14(19)18-20;1-6-15-11(18-13(16-6)25-2)17-12(22)19-26(23,24)9-5-7(14)3-4-8(9)10(20)21/h1,8-9H,3-7H2;3-5H,1-2H3,(H,20,21)(H2,15,16,17,18,19,22). The molecule has 0 spiro atoms. The second kappa shape index (κ2) is 15.6. The van der Waals surface area contributed by atoms with Gasteiger partial charge < -0.3 is 14.6 Å². The molecule has 20 heteroatoms. The number of carboxylic acid groups (broad SMARTS) is 1. The van der Waals surface area contributed by atoms with Crippen LogP contribution in [-0.4, -0.2) is 68.5 Å². The van der Waals surface area contributed by atoms with E-state index in [0.717, 1.165) is 37.2 Å². The van der Waals surface area contributed by atoms with Crippen molar-refractivity contribution in [3.63, 3.8) is 0 Å². The molecular weight excluding hydrogens is 806 g/mol. The smallest absolute Gasteiger partial charge is 0.350 e. The first-order valence-corrected chi connectivity index (χ1v) is 16.9. The molecule has 48 heavy (non-hydrogen) atoms. The van der Waals surface area contributed by atoms with Crippen LogP contribution in [0.2, 0.25) is 10.0 Å². The number of aryl methyl sites for hydroxylation is 2. The number of carbonyl (C=O) groups is 2. The number of terminal acetylenes is 1. The maximum absolute atomic E-state index is 12.5. The molecule has 0 unspecified atom stereocenters. The summed E-state index contributed by atoms with van der Waals surface area (Å²) >= 11 is 14.1. The molecule has 5 rings (SSSR count). The third-order valence-electron chi connectivity index (χ3n) is 6.34. The van der Waals surface area contributed by atoms with E-state index in [9.17, 15) is 22.8 Å². The molecule has 2 amide bonds. The van der Waals surface area contributed by atoms with E-state index in [4.69, 9.17) is 44.2 Å². The topological polar surface area (TPSA) is 210 Å².